The lowest BCUT2D eigenvalue weighted by Gasteiger charge is -2.07. The fraction of sp³-hybridized carbons (Fsp3) is 1.00. The van der Waals surface area contributed by atoms with Crippen LogP contribution in [-0.2, 0) is 0 Å². The van der Waals surface area contributed by atoms with Crippen LogP contribution in [0.15, 0.2) is 0 Å². The van der Waals surface area contributed by atoms with Crippen molar-refractivity contribution in [2.45, 2.75) is 18.9 Å². The van der Waals surface area contributed by atoms with Crippen LogP contribution < -0.4 is 0 Å². The van der Waals surface area contributed by atoms with E-state index in [0.29, 0.717) is 0 Å². The van der Waals surface area contributed by atoms with Gasteiger partial charge < -0.3 is 0 Å². The number of halogens is 3. The highest BCUT2D eigenvalue weighted by molar-refractivity contribution is 6.11. The van der Waals surface area contributed by atoms with E-state index in [1.165, 1.54) is 0 Å². The molecule has 0 bridgehead atoms. The fourth-order valence-corrected chi connectivity index (χ4v) is 0. The van der Waals surface area contributed by atoms with Crippen molar-refractivity contribution in [2.24, 2.45) is 0 Å². The highest BCUT2D eigenvalue weighted by Gasteiger charge is 2.31. The van der Waals surface area contributed by atoms with Gasteiger partial charge in [-0.1, -0.05) is 6.92 Å². The van der Waals surface area contributed by atoms with Crippen molar-refractivity contribution in [2.75, 3.05) is 0 Å². The molecule has 0 aromatic rings. The van der Waals surface area contributed by atoms with Crippen molar-refractivity contribution in [1.29, 1.82) is 0 Å². The first-order valence-electron chi connectivity index (χ1n) is 1.77. The number of hydrogen-bond donors (Lipinski definition) is 0. The second-order valence-corrected chi connectivity index (χ2v) is 1.33. The zero-order valence-electron chi connectivity index (χ0n) is 3.79. The van der Waals surface area contributed by atoms with Crippen molar-refractivity contribution >= 4 is 7.85 Å². The summed E-state index contributed by atoms with van der Waals surface area (Å²) in [5, 5.41) is 0. The minimum Gasteiger partial charge on any atom is -0.172 e. The Morgan fingerprint density at radius 3 is 1.57 bits per heavy atom. The molecule has 4 heteroatoms. The van der Waals surface area contributed by atoms with Crippen LogP contribution in [0, 0.1) is 0 Å². The van der Waals surface area contributed by atoms with Crippen LogP contribution in [0.5, 0.6) is 0 Å². The number of rotatable bonds is 0. The quantitative estimate of drug-likeness (QED) is 0.412. The monoisotopic (exact) mass is 108 g/mol. The predicted octanol–water partition coefficient (Wildman–Crippen LogP) is 1.53. The minimum absolute atomic E-state index is 0.903. The molecule has 1 atom stereocenters. The van der Waals surface area contributed by atoms with Gasteiger partial charge in [0.1, 0.15) is 0 Å². The third kappa shape index (κ3) is 2.54. The maximum atomic E-state index is 11.1. The van der Waals surface area contributed by atoms with Gasteiger partial charge in [0.2, 0.25) is 0 Å². The van der Waals surface area contributed by atoms with E-state index < -0.39 is 12.0 Å². The van der Waals surface area contributed by atoms with Gasteiger partial charge in [-0.15, -0.1) is 0 Å². The van der Waals surface area contributed by atoms with Crippen LogP contribution in [0.1, 0.15) is 6.92 Å². The first-order chi connectivity index (χ1) is 2.94. The van der Waals surface area contributed by atoms with E-state index in [1.807, 2.05) is 0 Å². The average Bonchev–Trinajstić information content (AvgIpc) is 1.31. The molecule has 0 N–H and O–H groups in total. The van der Waals surface area contributed by atoms with E-state index in [-0.39, 0.29) is 0 Å². The molecule has 2 radical (unpaired) electrons. The summed E-state index contributed by atoms with van der Waals surface area (Å²) in [6.07, 6.45) is -4.22. The molecule has 0 heterocycles. The molecule has 0 fully saturated rings. The first-order valence-corrected chi connectivity index (χ1v) is 1.77. The van der Waals surface area contributed by atoms with Gasteiger partial charge >= 0.3 is 6.18 Å². The summed E-state index contributed by atoms with van der Waals surface area (Å²) < 4.78 is 33.2. The summed E-state index contributed by atoms with van der Waals surface area (Å²) in [6.45, 7) is 0.903. The van der Waals surface area contributed by atoms with Crippen LogP contribution in [0.2, 0.25) is 5.82 Å². The molecule has 0 aromatic heterocycles. The van der Waals surface area contributed by atoms with Crippen LogP contribution in [0.25, 0.3) is 0 Å². The van der Waals surface area contributed by atoms with Gasteiger partial charge in [0.25, 0.3) is 0 Å². The molecule has 0 aliphatic rings. The van der Waals surface area contributed by atoms with Crippen molar-refractivity contribution in [3.63, 3.8) is 0 Å². The number of alkyl halides is 3. The molecule has 40 valence electrons. The third-order valence-corrected chi connectivity index (χ3v) is 0.516. The van der Waals surface area contributed by atoms with Gasteiger partial charge in [-0.3, -0.25) is 0 Å². The molecule has 0 saturated heterocycles. The minimum atomic E-state index is -4.22. The van der Waals surface area contributed by atoms with Gasteiger partial charge in [0, 0.05) is 5.82 Å². The van der Waals surface area contributed by atoms with Gasteiger partial charge in [-0.25, -0.2) is 0 Å². The van der Waals surface area contributed by atoms with E-state index in [4.69, 9.17) is 0 Å². The zero-order chi connectivity index (χ0) is 6.08. The maximum Gasteiger partial charge on any atom is 0.383 e. The Hall–Kier alpha value is -0.145. The summed E-state index contributed by atoms with van der Waals surface area (Å²) in [5.41, 5.74) is 0. The molecular formula is C3H4BF3. The lowest BCUT2D eigenvalue weighted by atomic mass is 9.89. The molecule has 7 heavy (non-hydrogen) atoms. The fourth-order valence-electron chi connectivity index (χ4n) is 0. The zero-order valence-corrected chi connectivity index (χ0v) is 3.79. The van der Waals surface area contributed by atoms with E-state index in [0.717, 1.165) is 6.92 Å². The molecule has 0 saturated carbocycles. The summed E-state index contributed by atoms with van der Waals surface area (Å²) in [4.78, 5) is 0. The van der Waals surface area contributed by atoms with Gasteiger partial charge in [-0.2, -0.15) is 13.2 Å². The topological polar surface area (TPSA) is 0 Å². The second kappa shape index (κ2) is 1.76. The lowest BCUT2D eigenvalue weighted by Crippen LogP contribution is -2.13. The molecule has 0 amide bonds. The van der Waals surface area contributed by atoms with Crippen LogP contribution in [-0.4, -0.2) is 14.0 Å². The molecule has 0 aliphatic carbocycles. The highest BCUT2D eigenvalue weighted by atomic mass is 19.4. The molecule has 0 spiro atoms. The van der Waals surface area contributed by atoms with E-state index in [2.05, 4.69) is 7.85 Å². The van der Waals surface area contributed by atoms with Crippen LogP contribution in [0.4, 0.5) is 13.2 Å². The van der Waals surface area contributed by atoms with Crippen LogP contribution >= 0.6 is 0 Å². The smallest absolute Gasteiger partial charge is 0.172 e. The van der Waals surface area contributed by atoms with Gasteiger partial charge in [-0.05, 0) is 0 Å². The molecule has 0 aromatic carbocycles. The summed E-state index contributed by atoms with van der Waals surface area (Å²) >= 11 is 0. The normalized spacial score (nSPS) is 16.6. The predicted molar refractivity (Wildman–Crippen MR) is 21.2 cm³/mol. The molecule has 0 rings (SSSR count). The Bertz CT molecular complexity index is 55.7. The lowest BCUT2D eigenvalue weighted by molar-refractivity contribution is -0.129. The SMILES string of the molecule is [B]C(C)C(F)(F)F. The van der Waals surface area contributed by atoms with Gasteiger partial charge in [0.05, 0.1) is 7.85 Å². The first kappa shape index (κ1) is 6.85. The molecular weight excluding hydrogens is 104 g/mol. The molecule has 0 nitrogen and oxygen atoms in total. The Morgan fingerprint density at radius 1 is 1.43 bits per heavy atom. The van der Waals surface area contributed by atoms with Crippen molar-refractivity contribution in [1.82, 2.24) is 0 Å². The van der Waals surface area contributed by atoms with E-state index in [9.17, 15) is 13.2 Å². The maximum absolute atomic E-state index is 11.1. The largest absolute Gasteiger partial charge is 0.383 e. The van der Waals surface area contributed by atoms with Crippen molar-refractivity contribution in [3.05, 3.63) is 0 Å². The number of hydrogen-bond acceptors (Lipinski definition) is 0. The summed E-state index contributed by atoms with van der Waals surface area (Å²) in [5.74, 6) is -1.70. The Kier molecular flexibility index (Phi) is 1.72. The summed E-state index contributed by atoms with van der Waals surface area (Å²) in [6, 6.07) is 0. The molecule has 1 unspecified atom stereocenters. The Balaban J connectivity index is 3.54. The summed E-state index contributed by atoms with van der Waals surface area (Å²) in [7, 11) is 4.44. The van der Waals surface area contributed by atoms with E-state index >= 15 is 0 Å². The van der Waals surface area contributed by atoms with E-state index in [1.54, 1.807) is 0 Å². The highest BCUT2D eigenvalue weighted by Crippen LogP contribution is 2.26. The Labute approximate surface area is 41.1 Å². The average molecular weight is 108 g/mol. The Morgan fingerprint density at radius 2 is 1.57 bits per heavy atom. The molecule has 0 aliphatic heterocycles. The standard InChI is InChI=1S/C3H4BF3/c1-2(4)3(5,6)7/h2H,1H3. The third-order valence-electron chi connectivity index (χ3n) is 0.516. The van der Waals surface area contributed by atoms with Gasteiger partial charge in [0.15, 0.2) is 0 Å². The van der Waals surface area contributed by atoms with Crippen LogP contribution in [0.3, 0.4) is 0 Å². The van der Waals surface area contributed by atoms with Crippen molar-refractivity contribution in [3.8, 4) is 0 Å². The van der Waals surface area contributed by atoms with Crippen molar-refractivity contribution < 1.29 is 13.2 Å². The second-order valence-electron chi connectivity index (χ2n) is 1.33.